The number of hydrogen-bond donors (Lipinski definition) is 1. The molecular weight excluding hydrogens is 342 g/mol. The summed E-state index contributed by atoms with van der Waals surface area (Å²) in [5.41, 5.74) is 6.28. The fourth-order valence-electron chi connectivity index (χ4n) is 3.30. The third-order valence-corrected chi connectivity index (χ3v) is 5.97. The van der Waals surface area contributed by atoms with Crippen LogP contribution in [0.4, 0.5) is 4.79 Å². The van der Waals surface area contributed by atoms with E-state index in [1.807, 2.05) is 12.1 Å². The summed E-state index contributed by atoms with van der Waals surface area (Å²) in [5, 5.41) is 2.65. The molecule has 1 aliphatic carbocycles. The van der Waals surface area contributed by atoms with E-state index in [-0.39, 0.29) is 5.24 Å². The molecule has 0 radical (unpaired) electrons. The van der Waals surface area contributed by atoms with Crippen molar-refractivity contribution >= 4 is 17.0 Å². The van der Waals surface area contributed by atoms with E-state index >= 15 is 0 Å². The first kappa shape index (κ1) is 18.8. The number of rotatable bonds is 6. The summed E-state index contributed by atoms with van der Waals surface area (Å²) in [6, 6.07) is 10.6. The van der Waals surface area contributed by atoms with Crippen LogP contribution in [0.5, 0.6) is 5.75 Å². The van der Waals surface area contributed by atoms with Crippen molar-refractivity contribution in [3.8, 4) is 5.75 Å². The highest BCUT2D eigenvalue weighted by atomic mass is 32.2. The van der Waals surface area contributed by atoms with Gasteiger partial charge in [0.2, 0.25) is 0 Å². The zero-order valence-corrected chi connectivity index (χ0v) is 16.8. The van der Waals surface area contributed by atoms with Crippen LogP contribution in [0.15, 0.2) is 35.2 Å². The van der Waals surface area contributed by atoms with Gasteiger partial charge in [0.25, 0.3) is 5.24 Å². The van der Waals surface area contributed by atoms with Crippen molar-refractivity contribution in [2.75, 3.05) is 7.05 Å². The summed E-state index contributed by atoms with van der Waals surface area (Å²) in [4.78, 5) is 12.9. The Kier molecular flexibility index (Phi) is 5.92. The van der Waals surface area contributed by atoms with Gasteiger partial charge in [-0.25, -0.2) is 0 Å². The molecule has 0 unspecified atom stereocenters. The smallest absolute Gasteiger partial charge is 0.283 e. The highest BCUT2D eigenvalue weighted by Crippen LogP contribution is 2.44. The number of ether oxygens (including phenoxy) is 1. The molecule has 2 aromatic carbocycles. The molecule has 0 bridgehead atoms. The highest BCUT2D eigenvalue weighted by Gasteiger charge is 2.27. The molecule has 2 aromatic rings. The minimum Gasteiger partial charge on any atom is -0.489 e. The normalized spacial score (nSPS) is 13.5. The van der Waals surface area contributed by atoms with Crippen molar-refractivity contribution in [3.63, 3.8) is 0 Å². The molecule has 1 amide bonds. The molecule has 4 heteroatoms. The van der Waals surface area contributed by atoms with Crippen molar-refractivity contribution in [2.45, 2.75) is 57.5 Å². The topological polar surface area (TPSA) is 38.3 Å². The largest absolute Gasteiger partial charge is 0.489 e. The molecule has 0 aromatic heterocycles. The van der Waals surface area contributed by atoms with E-state index in [0.29, 0.717) is 12.5 Å². The van der Waals surface area contributed by atoms with Crippen LogP contribution in [0, 0.1) is 13.8 Å². The summed E-state index contributed by atoms with van der Waals surface area (Å²) >= 11 is 1.25. The summed E-state index contributed by atoms with van der Waals surface area (Å²) in [5.74, 6) is 1.55. The predicted octanol–water partition coefficient (Wildman–Crippen LogP) is 5.75. The van der Waals surface area contributed by atoms with Crippen LogP contribution >= 0.6 is 11.8 Å². The van der Waals surface area contributed by atoms with Crippen LogP contribution in [-0.2, 0) is 13.0 Å². The van der Waals surface area contributed by atoms with Gasteiger partial charge >= 0.3 is 0 Å². The average molecular weight is 370 g/mol. The molecule has 1 aliphatic rings. The van der Waals surface area contributed by atoms with E-state index in [4.69, 9.17) is 4.74 Å². The Balaban J connectivity index is 1.87. The van der Waals surface area contributed by atoms with Crippen molar-refractivity contribution < 1.29 is 9.53 Å². The molecule has 0 saturated heterocycles. The second-order valence-corrected chi connectivity index (χ2v) is 7.94. The van der Waals surface area contributed by atoms with Crippen LogP contribution in [0.1, 0.15) is 53.5 Å². The number of amides is 1. The molecule has 3 rings (SSSR count). The zero-order chi connectivity index (χ0) is 18.7. The summed E-state index contributed by atoms with van der Waals surface area (Å²) in [6.07, 6.45) is 3.49. The molecule has 26 heavy (non-hydrogen) atoms. The quantitative estimate of drug-likeness (QED) is 0.659. The lowest BCUT2D eigenvalue weighted by atomic mass is 10.0. The van der Waals surface area contributed by atoms with Crippen LogP contribution in [0.2, 0.25) is 0 Å². The van der Waals surface area contributed by atoms with Gasteiger partial charge in [-0.3, -0.25) is 4.79 Å². The number of carbonyl (C=O) groups is 1. The molecule has 138 valence electrons. The Morgan fingerprint density at radius 3 is 2.65 bits per heavy atom. The monoisotopic (exact) mass is 369 g/mol. The van der Waals surface area contributed by atoms with E-state index in [9.17, 15) is 4.79 Å². The maximum Gasteiger partial charge on any atom is 0.283 e. The second kappa shape index (κ2) is 8.17. The van der Waals surface area contributed by atoms with E-state index in [0.717, 1.165) is 28.2 Å². The molecule has 1 fully saturated rings. The van der Waals surface area contributed by atoms with E-state index < -0.39 is 0 Å². The third kappa shape index (κ3) is 4.24. The van der Waals surface area contributed by atoms with Crippen LogP contribution in [-0.4, -0.2) is 12.3 Å². The molecule has 1 N–H and O–H groups in total. The molecule has 0 spiro atoms. The second-order valence-electron chi connectivity index (χ2n) is 6.92. The van der Waals surface area contributed by atoms with Crippen molar-refractivity contribution in [2.24, 2.45) is 0 Å². The molecule has 0 heterocycles. The number of hydrogen-bond acceptors (Lipinski definition) is 3. The first-order chi connectivity index (χ1) is 12.5. The number of nitrogens with one attached hydrogen (secondary N) is 1. The Bertz CT molecular complexity index is 812. The van der Waals surface area contributed by atoms with Gasteiger partial charge in [-0.15, -0.1) is 0 Å². The van der Waals surface area contributed by atoms with Crippen LogP contribution in [0.25, 0.3) is 0 Å². The lowest BCUT2D eigenvalue weighted by molar-refractivity contribution is 0.262. The van der Waals surface area contributed by atoms with Gasteiger partial charge in [0, 0.05) is 17.5 Å². The first-order valence-corrected chi connectivity index (χ1v) is 10.1. The minimum absolute atomic E-state index is 0.0430. The Morgan fingerprint density at radius 2 is 2.00 bits per heavy atom. The van der Waals surface area contributed by atoms with Gasteiger partial charge in [0.05, 0.1) is 0 Å². The molecular formula is C22H27NO2S. The average Bonchev–Trinajstić information content (AvgIpc) is 3.47. The number of thioether (sulfide) groups is 1. The van der Waals surface area contributed by atoms with E-state index in [2.05, 4.69) is 44.3 Å². The Labute approximate surface area is 160 Å². The summed E-state index contributed by atoms with van der Waals surface area (Å²) < 4.78 is 6.23. The zero-order valence-electron chi connectivity index (χ0n) is 16.0. The summed E-state index contributed by atoms with van der Waals surface area (Å²) in [6.45, 7) is 6.91. The van der Waals surface area contributed by atoms with Crippen LogP contribution < -0.4 is 10.1 Å². The third-order valence-electron chi connectivity index (χ3n) is 4.98. The lowest BCUT2D eigenvalue weighted by Crippen LogP contribution is -2.12. The Hall–Kier alpha value is -1.94. The Morgan fingerprint density at radius 1 is 1.23 bits per heavy atom. The van der Waals surface area contributed by atoms with Crippen molar-refractivity contribution in [1.29, 1.82) is 0 Å². The maximum absolute atomic E-state index is 11.9. The molecule has 0 atom stereocenters. The SMILES string of the molecule is CCc1cc(C)c(OCc2c(SC(=O)NC)cccc2C2CC2)cc1C. The van der Waals surface area contributed by atoms with Crippen molar-refractivity contribution in [3.05, 3.63) is 58.1 Å². The standard InChI is InChI=1S/C22H27NO2S/c1-5-16-11-15(3)20(12-14(16)2)25-13-19-18(17-9-10-17)7-6-8-21(19)26-22(24)23-4/h6-8,11-12,17H,5,9-10,13H2,1-4H3,(H,23,24). The summed E-state index contributed by atoms with van der Waals surface area (Å²) in [7, 11) is 1.66. The highest BCUT2D eigenvalue weighted by molar-refractivity contribution is 8.13. The number of benzene rings is 2. The predicted molar refractivity (Wildman–Crippen MR) is 108 cm³/mol. The van der Waals surface area contributed by atoms with Gasteiger partial charge in [0.15, 0.2) is 0 Å². The molecule has 0 aliphatic heterocycles. The number of aryl methyl sites for hydroxylation is 3. The maximum atomic E-state index is 11.9. The fraction of sp³-hybridized carbons (Fsp3) is 0.409. The van der Waals surface area contributed by atoms with Gasteiger partial charge in [-0.05, 0) is 85.2 Å². The van der Waals surface area contributed by atoms with Gasteiger partial charge < -0.3 is 10.1 Å². The van der Waals surface area contributed by atoms with Gasteiger partial charge in [-0.2, -0.15) is 0 Å². The van der Waals surface area contributed by atoms with Crippen molar-refractivity contribution in [1.82, 2.24) is 5.32 Å². The lowest BCUT2D eigenvalue weighted by Gasteiger charge is -2.17. The molecule has 1 saturated carbocycles. The number of carbonyl (C=O) groups excluding carboxylic acids is 1. The van der Waals surface area contributed by atoms with Crippen LogP contribution in [0.3, 0.4) is 0 Å². The molecule has 3 nitrogen and oxygen atoms in total. The first-order valence-electron chi connectivity index (χ1n) is 9.27. The van der Waals surface area contributed by atoms with Gasteiger partial charge in [0.1, 0.15) is 12.4 Å². The van der Waals surface area contributed by atoms with Gasteiger partial charge in [-0.1, -0.05) is 25.1 Å². The fourth-order valence-corrected chi connectivity index (χ4v) is 4.04. The minimum atomic E-state index is -0.0430. The van der Waals surface area contributed by atoms with E-state index in [1.165, 1.54) is 41.3 Å². The van der Waals surface area contributed by atoms with E-state index in [1.54, 1.807) is 7.05 Å².